The molecule has 2 aromatic heterocycles. The number of fused-ring (bicyclic) bond motifs is 1. The molecule has 1 saturated heterocycles. The van der Waals surface area contributed by atoms with Gasteiger partial charge < -0.3 is 9.32 Å². The van der Waals surface area contributed by atoms with Crippen LogP contribution in [-0.4, -0.2) is 32.8 Å². The first-order chi connectivity index (χ1) is 12.0. The number of rotatable bonds is 3. The topological polar surface area (TPSA) is 90.2 Å². The van der Waals surface area contributed by atoms with Gasteiger partial charge in [-0.05, 0) is 31.9 Å². The Kier molecular flexibility index (Phi) is 3.67. The molecule has 8 heteroatoms. The first-order valence-corrected chi connectivity index (χ1v) is 8.33. The summed E-state index contributed by atoms with van der Waals surface area (Å²) >= 11 is 0. The minimum atomic E-state index is -0.343. The lowest BCUT2D eigenvalue weighted by Crippen LogP contribution is -2.34. The Hall–Kier alpha value is -2.90. The van der Waals surface area contributed by atoms with E-state index in [9.17, 15) is 10.1 Å². The van der Waals surface area contributed by atoms with Crippen LogP contribution < -0.4 is 4.90 Å². The highest BCUT2D eigenvalue weighted by molar-refractivity contribution is 5.72. The van der Waals surface area contributed by atoms with Crippen LogP contribution in [-0.2, 0) is 7.05 Å². The number of hydrogen-bond acceptors (Lipinski definition) is 6. The zero-order valence-electron chi connectivity index (χ0n) is 14.2. The van der Waals surface area contributed by atoms with Crippen molar-refractivity contribution in [2.24, 2.45) is 7.05 Å². The number of oxazole rings is 1. The molecule has 25 heavy (non-hydrogen) atoms. The third-order valence-corrected chi connectivity index (χ3v) is 4.80. The summed E-state index contributed by atoms with van der Waals surface area (Å²) in [6.07, 6.45) is 1.68. The zero-order valence-corrected chi connectivity index (χ0v) is 14.2. The van der Waals surface area contributed by atoms with Gasteiger partial charge in [-0.2, -0.15) is 5.10 Å². The molecule has 0 saturated carbocycles. The summed E-state index contributed by atoms with van der Waals surface area (Å²) < 4.78 is 7.49. The summed E-state index contributed by atoms with van der Waals surface area (Å²) in [7, 11) is 1.75. The molecule has 8 nitrogen and oxygen atoms in total. The van der Waals surface area contributed by atoms with Crippen LogP contribution in [0, 0.1) is 17.0 Å². The lowest BCUT2D eigenvalue weighted by molar-refractivity contribution is -0.384. The Balaban J connectivity index is 1.55. The summed E-state index contributed by atoms with van der Waals surface area (Å²) in [6, 6.07) is 7.74. The maximum absolute atomic E-state index is 11.4. The summed E-state index contributed by atoms with van der Waals surface area (Å²) in [5.74, 6) is 1.58. The fourth-order valence-corrected chi connectivity index (χ4v) is 3.61. The Morgan fingerprint density at radius 2 is 2.00 bits per heavy atom. The van der Waals surface area contributed by atoms with E-state index in [1.807, 2.05) is 29.2 Å². The van der Waals surface area contributed by atoms with Crippen molar-refractivity contribution in [3.63, 3.8) is 0 Å². The van der Waals surface area contributed by atoms with E-state index in [4.69, 9.17) is 4.42 Å². The molecular formula is C17H19N5O3. The summed E-state index contributed by atoms with van der Waals surface area (Å²) in [5, 5.41) is 15.6. The minimum absolute atomic E-state index is 0.0998. The quantitative estimate of drug-likeness (QED) is 0.537. The van der Waals surface area contributed by atoms with E-state index < -0.39 is 0 Å². The molecule has 4 rings (SSSR count). The second kappa shape index (κ2) is 5.87. The van der Waals surface area contributed by atoms with E-state index in [1.54, 1.807) is 18.7 Å². The molecule has 1 aromatic carbocycles. The second-order valence-electron chi connectivity index (χ2n) is 6.42. The number of para-hydroxylation sites is 2. The van der Waals surface area contributed by atoms with Gasteiger partial charge in [-0.25, -0.2) is 9.67 Å². The van der Waals surface area contributed by atoms with Gasteiger partial charge in [0.15, 0.2) is 11.5 Å². The molecule has 0 bridgehead atoms. The van der Waals surface area contributed by atoms with Crippen molar-refractivity contribution in [3.05, 3.63) is 46.0 Å². The molecule has 0 spiro atoms. The molecule has 1 fully saturated rings. The highest BCUT2D eigenvalue weighted by Gasteiger charge is 2.32. The van der Waals surface area contributed by atoms with E-state index in [0.717, 1.165) is 29.8 Å². The molecule has 1 aliphatic heterocycles. The number of benzene rings is 1. The number of aryl methyl sites for hydroxylation is 2. The Morgan fingerprint density at radius 1 is 1.28 bits per heavy atom. The van der Waals surface area contributed by atoms with Gasteiger partial charge >= 0.3 is 5.69 Å². The van der Waals surface area contributed by atoms with E-state index in [2.05, 4.69) is 10.1 Å². The van der Waals surface area contributed by atoms with Crippen molar-refractivity contribution >= 4 is 22.6 Å². The van der Waals surface area contributed by atoms with E-state index in [1.165, 1.54) is 0 Å². The fraction of sp³-hybridized carbons (Fsp3) is 0.412. The number of nitrogens with zero attached hydrogens (tertiary/aromatic N) is 5. The van der Waals surface area contributed by atoms with Crippen LogP contribution in [0.1, 0.15) is 30.3 Å². The van der Waals surface area contributed by atoms with Crippen molar-refractivity contribution < 1.29 is 9.34 Å². The number of anilines is 1. The van der Waals surface area contributed by atoms with Gasteiger partial charge in [0.1, 0.15) is 11.2 Å². The summed E-state index contributed by atoms with van der Waals surface area (Å²) in [5.41, 5.74) is 2.22. The van der Waals surface area contributed by atoms with Crippen molar-refractivity contribution in [3.8, 4) is 0 Å². The fourth-order valence-electron chi connectivity index (χ4n) is 3.61. The third-order valence-electron chi connectivity index (χ3n) is 4.80. The normalized spacial score (nSPS) is 15.8. The van der Waals surface area contributed by atoms with Crippen molar-refractivity contribution in [1.82, 2.24) is 14.8 Å². The number of piperidine rings is 1. The lowest BCUT2D eigenvalue weighted by atomic mass is 9.96. The van der Waals surface area contributed by atoms with E-state index >= 15 is 0 Å². The van der Waals surface area contributed by atoms with Crippen LogP contribution in [0.2, 0.25) is 0 Å². The molecular weight excluding hydrogens is 322 g/mol. The summed E-state index contributed by atoms with van der Waals surface area (Å²) in [4.78, 5) is 17.7. The first-order valence-electron chi connectivity index (χ1n) is 8.33. The Bertz CT molecular complexity index is 904. The standard InChI is InChI=1S/C17H19N5O3/c1-11-15(22(23)24)17(20(2)19-11)21-9-7-12(8-10-21)16-18-13-5-3-4-6-14(13)25-16/h3-6,12H,7-10H2,1-2H3. The molecule has 0 aliphatic carbocycles. The van der Waals surface area contributed by atoms with E-state index in [-0.39, 0.29) is 16.5 Å². The largest absolute Gasteiger partial charge is 0.440 e. The highest BCUT2D eigenvalue weighted by atomic mass is 16.6. The van der Waals surface area contributed by atoms with Gasteiger partial charge in [-0.3, -0.25) is 10.1 Å². The number of nitro groups is 1. The van der Waals surface area contributed by atoms with Crippen LogP contribution in [0.4, 0.5) is 11.5 Å². The van der Waals surface area contributed by atoms with E-state index in [0.29, 0.717) is 24.6 Å². The lowest BCUT2D eigenvalue weighted by Gasteiger charge is -2.31. The minimum Gasteiger partial charge on any atom is -0.440 e. The van der Waals surface area contributed by atoms with Crippen LogP contribution in [0.25, 0.3) is 11.1 Å². The number of hydrogen-bond donors (Lipinski definition) is 0. The van der Waals surface area contributed by atoms with Gasteiger partial charge in [0.05, 0.1) is 4.92 Å². The van der Waals surface area contributed by atoms with Gasteiger partial charge in [0.25, 0.3) is 0 Å². The summed E-state index contributed by atoms with van der Waals surface area (Å²) in [6.45, 7) is 3.10. The molecule has 0 amide bonds. The van der Waals surface area contributed by atoms with Gasteiger partial charge in [-0.1, -0.05) is 12.1 Å². The molecule has 3 aromatic rings. The monoisotopic (exact) mass is 341 g/mol. The molecule has 0 unspecified atom stereocenters. The second-order valence-corrected chi connectivity index (χ2v) is 6.42. The smallest absolute Gasteiger partial charge is 0.333 e. The van der Waals surface area contributed by atoms with Crippen LogP contribution in [0.5, 0.6) is 0 Å². The Labute approximate surface area is 144 Å². The predicted octanol–water partition coefficient (Wildman–Crippen LogP) is 3.16. The number of aromatic nitrogens is 3. The van der Waals surface area contributed by atoms with Crippen molar-refractivity contribution in [1.29, 1.82) is 0 Å². The van der Waals surface area contributed by atoms with Gasteiger partial charge in [0, 0.05) is 26.1 Å². The van der Waals surface area contributed by atoms with Gasteiger partial charge in [0.2, 0.25) is 5.82 Å². The predicted molar refractivity (Wildman–Crippen MR) is 92.8 cm³/mol. The average molecular weight is 341 g/mol. The van der Waals surface area contributed by atoms with Gasteiger partial charge in [-0.15, -0.1) is 0 Å². The van der Waals surface area contributed by atoms with Crippen LogP contribution in [0.3, 0.4) is 0 Å². The SMILES string of the molecule is Cc1nn(C)c(N2CCC(c3nc4ccccc4o3)CC2)c1[N+](=O)[O-]. The van der Waals surface area contributed by atoms with Crippen LogP contribution in [0.15, 0.2) is 28.7 Å². The average Bonchev–Trinajstić information content (AvgIpc) is 3.15. The van der Waals surface area contributed by atoms with Crippen molar-refractivity contribution in [2.45, 2.75) is 25.7 Å². The third kappa shape index (κ3) is 2.63. The molecule has 3 heterocycles. The first kappa shape index (κ1) is 15.6. The maximum atomic E-state index is 11.4. The zero-order chi connectivity index (χ0) is 17.6. The molecule has 0 radical (unpaired) electrons. The maximum Gasteiger partial charge on any atom is 0.333 e. The molecule has 130 valence electrons. The molecule has 1 aliphatic rings. The molecule has 0 atom stereocenters. The van der Waals surface area contributed by atoms with Crippen molar-refractivity contribution in [2.75, 3.05) is 18.0 Å². The Morgan fingerprint density at radius 3 is 2.68 bits per heavy atom. The molecule has 0 N–H and O–H groups in total. The van der Waals surface area contributed by atoms with Crippen LogP contribution >= 0.6 is 0 Å². The highest BCUT2D eigenvalue weighted by Crippen LogP contribution is 2.36.